The zero-order chi connectivity index (χ0) is 13.1. The molecule has 5 heteroatoms. The molecule has 19 heavy (non-hydrogen) atoms. The molecular formula is C14H18N2O3. The summed E-state index contributed by atoms with van der Waals surface area (Å²) in [6, 6.07) is 5.81. The Kier molecular flexibility index (Phi) is 3.55. The molecule has 2 N–H and O–H groups in total. The first kappa shape index (κ1) is 12.3. The molecule has 1 atom stereocenters. The Hall–Kier alpha value is -1.75. The van der Waals surface area contributed by atoms with Gasteiger partial charge in [0.1, 0.15) is 0 Å². The lowest BCUT2D eigenvalue weighted by molar-refractivity contribution is 0.0952. The normalized spacial score (nSPS) is 20.5. The molecule has 5 nitrogen and oxygen atoms in total. The van der Waals surface area contributed by atoms with Crippen molar-refractivity contribution in [2.75, 3.05) is 19.9 Å². The fraction of sp³-hybridized carbons (Fsp3) is 0.500. The van der Waals surface area contributed by atoms with E-state index >= 15 is 0 Å². The van der Waals surface area contributed by atoms with Crippen LogP contribution in [0, 0.1) is 0 Å². The fourth-order valence-corrected chi connectivity index (χ4v) is 2.50. The van der Waals surface area contributed by atoms with Crippen molar-refractivity contribution in [3.63, 3.8) is 0 Å². The van der Waals surface area contributed by atoms with Gasteiger partial charge < -0.3 is 20.1 Å². The smallest absolute Gasteiger partial charge is 0.251 e. The largest absolute Gasteiger partial charge is 0.454 e. The van der Waals surface area contributed by atoms with Gasteiger partial charge >= 0.3 is 0 Å². The highest BCUT2D eigenvalue weighted by Crippen LogP contribution is 2.32. The average Bonchev–Trinajstić information content (AvgIpc) is 3.08. The summed E-state index contributed by atoms with van der Waals surface area (Å²) in [7, 11) is 0. The standard InChI is InChI=1S/C14H18N2O3/c17-14(16-7-5-11-2-1-6-15-11)10-3-4-12-13(8-10)19-9-18-12/h3-4,8,11,15H,1-2,5-7,9H2,(H,16,17). The van der Waals surface area contributed by atoms with E-state index in [1.807, 2.05) is 0 Å². The van der Waals surface area contributed by atoms with E-state index in [1.54, 1.807) is 18.2 Å². The molecule has 0 radical (unpaired) electrons. The maximum Gasteiger partial charge on any atom is 0.251 e. The summed E-state index contributed by atoms with van der Waals surface area (Å²) in [4.78, 5) is 12.0. The van der Waals surface area contributed by atoms with E-state index in [2.05, 4.69) is 10.6 Å². The molecule has 1 fully saturated rings. The summed E-state index contributed by atoms with van der Waals surface area (Å²) >= 11 is 0. The predicted octanol–water partition coefficient (Wildman–Crippen LogP) is 1.29. The summed E-state index contributed by atoms with van der Waals surface area (Å²) < 4.78 is 10.5. The number of hydrogen-bond donors (Lipinski definition) is 2. The zero-order valence-corrected chi connectivity index (χ0v) is 10.8. The molecule has 0 spiro atoms. The molecule has 1 saturated heterocycles. The van der Waals surface area contributed by atoms with Gasteiger partial charge in [0.2, 0.25) is 6.79 Å². The van der Waals surface area contributed by atoms with Gasteiger partial charge in [-0.2, -0.15) is 0 Å². The number of amides is 1. The molecule has 0 aliphatic carbocycles. The minimum atomic E-state index is -0.0590. The van der Waals surface area contributed by atoms with Gasteiger partial charge in [0, 0.05) is 18.2 Å². The van der Waals surface area contributed by atoms with E-state index in [4.69, 9.17) is 9.47 Å². The third kappa shape index (κ3) is 2.81. The van der Waals surface area contributed by atoms with Gasteiger partial charge in [0.05, 0.1) is 0 Å². The second-order valence-electron chi connectivity index (χ2n) is 4.91. The maximum atomic E-state index is 12.0. The van der Waals surface area contributed by atoms with Gasteiger partial charge in [-0.25, -0.2) is 0 Å². The minimum Gasteiger partial charge on any atom is -0.454 e. The lowest BCUT2D eigenvalue weighted by Crippen LogP contribution is -2.30. The first-order valence-corrected chi connectivity index (χ1v) is 6.74. The van der Waals surface area contributed by atoms with Crippen LogP contribution in [0.2, 0.25) is 0 Å². The van der Waals surface area contributed by atoms with Crippen LogP contribution in [-0.2, 0) is 0 Å². The van der Waals surface area contributed by atoms with Crippen molar-refractivity contribution < 1.29 is 14.3 Å². The van der Waals surface area contributed by atoms with Crippen molar-refractivity contribution in [1.29, 1.82) is 0 Å². The summed E-state index contributed by atoms with van der Waals surface area (Å²) in [6.07, 6.45) is 3.43. The van der Waals surface area contributed by atoms with E-state index in [1.165, 1.54) is 12.8 Å². The van der Waals surface area contributed by atoms with E-state index in [0.717, 1.165) is 13.0 Å². The Bertz CT molecular complexity index is 470. The van der Waals surface area contributed by atoms with Crippen LogP contribution in [0.5, 0.6) is 11.5 Å². The number of rotatable bonds is 4. The van der Waals surface area contributed by atoms with Crippen molar-refractivity contribution in [3.05, 3.63) is 23.8 Å². The molecule has 0 aromatic heterocycles. The second-order valence-corrected chi connectivity index (χ2v) is 4.91. The summed E-state index contributed by atoms with van der Waals surface area (Å²) in [5, 5.41) is 6.36. The Morgan fingerprint density at radius 1 is 1.37 bits per heavy atom. The van der Waals surface area contributed by atoms with Crippen molar-refractivity contribution in [3.8, 4) is 11.5 Å². The third-order valence-corrected chi connectivity index (χ3v) is 3.58. The fourth-order valence-electron chi connectivity index (χ4n) is 2.50. The highest BCUT2D eigenvalue weighted by Gasteiger charge is 2.17. The predicted molar refractivity (Wildman–Crippen MR) is 70.5 cm³/mol. The van der Waals surface area contributed by atoms with Crippen LogP contribution in [0.25, 0.3) is 0 Å². The number of carbonyl (C=O) groups excluding carboxylic acids is 1. The SMILES string of the molecule is O=C(NCCC1CCCN1)c1ccc2c(c1)OCO2. The van der Waals surface area contributed by atoms with Crippen LogP contribution in [-0.4, -0.2) is 31.8 Å². The Morgan fingerprint density at radius 2 is 2.26 bits per heavy atom. The molecule has 1 unspecified atom stereocenters. The summed E-state index contributed by atoms with van der Waals surface area (Å²) in [5.74, 6) is 1.29. The van der Waals surface area contributed by atoms with Crippen LogP contribution in [0.3, 0.4) is 0 Å². The maximum absolute atomic E-state index is 12.0. The molecular weight excluding hydrogens is 244 g/mol. The molecule has 2 aliphatic rings. The van der Waals surface area contributed by atoms with Crippen LogP contribution in [0.1, 0.15) is 29.6 Å². The van der Waals surface area contributed by atoms with Gasteiger partial charge in [0.15, 0.2) is 11.5 Å². The van der Waals surface area contributed by atoms with Crippen LogP contribution < -0.4 is 20.1 Å². The first-order chi connectivity index (χ1) is 9.33. The third-order valence-electron chi connectivity index (χ3n) is 3.58. The van der Waals surface area contributed by atoms with Gasteiger partial charge in [-0.15, -0.1) is 0 Å². The van der Waals surface area contributed by atoms with Crippen molar-refractivity contribution >= 4 is 5.91 Å². The highest BCUT2D eigenvalue weighted by atomic mass is 16.7. The Morgan fingerprint density at radius 3 is 3.11 bits per heavy atom. The van der Waals surface area contributed by atoms with E-state index in [9.17, 15) is 4.79 Å². The topological polar surface area (TPSA) is 59.6 Å². The van der Waals surface area contributed by atoms with Crippen molar-refractivity contribution in [1.82, 2.24) is 10.6 Å². The molecule has 102 valence electrons. The number of hydrogen-bond acceptors (Lipinski definition) is 4. The number of benzene rings is 1. The second kappa shape index (κ2) is 5.48. The van der Waals surface area contributed by atoms with E-state index < -0.39 is 0 Å². The molecule has 0 bridgehead atoms. The summed E-state index contributed by atoms with van der Waals surface area (Å²) in [5.41, 5.74) is 0.614. The number of ether oxygens (including phenoxy) is 2. The molecule has 0 saturated carbocycles. The average molecular weight is 262 g/mol. The molecule has 1 aromatic carbocycles. The van der Waals surface area contributed by atoms with Gasteiger partial charge in [0.25, 0.3) is 5.91 Å². The van der Waals surface area contributed by atoms with Crippen LogP contribution >= 0.6 is 0 Å². The lowest BCUT2D eigenvalue weighted by Gasteiger charge is -2.10. The number of fused-ring (bicyclic) bond motifs is 1. The molecule has 1 amide bonds. The quantitative estimate of drug-likeness (QED) is 0.858. The van der Waals surface area contributed by atoms with Gasteiger partial charge in [-0.1, -0.05) is 0 Å². The summed E-state index contributed by atoms with van der Waals surface area (Å²) in [6.45, 7) is 2.03. The minimum absolute atomic E-state index is 0.0590. The van der Waals surface area contributed by atoms with Gasteiger partial charge in [-0.05, 0) is 44.0 Å². The lowest BCUT2D eigenvalue weighted by atomic mass is 10.1. The van der Waals surface area contributed by atoms with Crippen LogP contribution in [0.15, 0.2) is 18.2 Å². The van der Waals surface area contributed by atoms with Crippen molar-refractivity contribution in [2.45, 2.75) is 25.3 Å². The highest BCUT2D eigenvalue weighted by molar-refractivity contribution is 5.94. The van der Waals surface area contributed by atoms with E-state index in [-0.39, 0.29) is 12.7 Å². The van der Waals surface area contributed by atoms with E-state index in [0.29, 0.717) is 29.6 Å². The molecule has 3 rings (SSSR count). The van der Waals surface area contributed by atoms with Crippen molar-refractivity contribution in [2.24, 2.45) is 0 Å². The molecule has 1 aromatic rings. The molecule has 2 aliphatic heterocycles. The first-order valence-electron chi connectivity index (χ1n) is 6.74. The van der Waals surface area contributed by atoms with Crippen LogP contribution in [0.4, 0.5) is 0 Å². The van der Waals surface area contributed by atoms with Gasteiger partial charge in [-0.3, -0.25) is 4.79 Å². The zero-order valence-electron chi connectivity index (χ0n) is 10.8. The number of carbonyl (C=O) groups is 1. The Labute approximate surface area is 112 Å². The molecule has 2 heterocycles. The monoisotopic (exact) mass is 262 g/mol. The number of nitrogens with one attached hydrogen (secondary N) is 2. The Balaban J connectivity index is 1.52.